The van der Waals surface area contributed by atoms with Crippen molar-refractivity contribution in [3.8, 4) is 0 Å². The van der Waals surface area contributed by atoms with Gasteiger partial charge in [0, 0.05) is 20.6 Å². The molecule has 0 aliphatic rings. The molecule has 6 nitrogen and oxygen atoms in total. The van der Waals surface area contributed by atoms with Crippen molar-refractivity contribution in [2.75, 3.05) is 6.54 Å². The SMILES string of the molecule is CCCNC(=O)c1cc2c(=O)n(C)c(=O)n(C)c2s1. The van der Waals surface area contributed by atoms with Crippen molar-refractivity contribution in [3.05, 3.63) is 31.8 Å². The van der Waals surface area contributed by atoms with Gasteiger partial charge in [0.25, 0.3) is 11.5 Å². The van der Waals surface area contributed by atoms with Crippen LogP contribution in [0.5, 0.6) is 0 Å². The van der Waals surface area contributed by atoms with Gasteiger partial charge >= 0.3 is 5.69 Å². The summed E-state index contributed by atoms with van der Waals surface area (Å²) in [7, 11) is 3.02. The Morgan fingerprint density at radius 1 is 1.32 bits per heavy atom. The van der Waals surface area contributed by atoms with E-state index in [4.69, 9.17) is 0 Å². The van der Waals surface area contributed by atoms with E-state index in [0.717, 1.165) is 22.3 Å². The van der Waals surface area contributed by atoms with Gasteiger partial charge in [-0.3, -0.25) is 18.7 Å². The van der Waals surface area contributed by atoms with E-state index in [-0.39, 0.29) is 17.2 Å². The van der Waals surface area contributed by atoms with Gasteiger partial charge in [0.15, 0.2) is 0 Å². The largest absolute Gasteiger partial charge is 0.351 e. The number of rotatable bonds is 3. The maximum Gasteiger partial charge on any atom is 0.331 e. The van der Waals surface area contributed by atoms with Crippen LogP contribution in [-0.2, 0) is 14.1 Å². The summed E-state index contributed by atoms with van der Waals surface area (Å²) in [6, 6.07) is 1.55. The van der Waals surface area contributed by atoms with Crippen molar-refractivity contribution in [3.63, 3.8) is 0 Å². The van der Waals surface area contributed by atoms with E-state index >= 15 is 0 Å². The van der Waals surface area contributed by atoms with Crippen LogP contribution in [0.15, 0.2) is 15.7 Å². The first-order valence-electron chi connectivity index (χ1n) is 5.95. The molecule has 0 atom stereocenters. The minimum absolute atomic E-state index is 0.211. The Balaban J connectivity index is 2.61. The highest BCUT2D eigenvalue weighted by molar-refractivity contribution is 7.20. The second-order valence-electron chi connectivity index (χ2n) is 4.29. The first-order chi connectivity index (χ1) is 8.97. The molecule has 2 rings (SSSR count). The van der Waals surface area contributed by atoms with Crippen LogP contribution in [0.4, 0.5) is 0 Å². The van der Waals surface area contributed by atoms with E-state index in [1.54, 1.807) is 13.1 Å². The van der Waals surface area contributed by atoms with Crippen LogP contribution in [0, 0.1) is 0 Å². The molecule has 2 aromatic heterocycles. The van der Waals surface area contributed by atoms with E-state index in [1.165, 1.54) is 11.6 Å². The van der Waals surface area contributed by atoms with Crippen LogP contribution < -0.4 is 16.6 Å². The summed E-state index contributed by atoms with van der Waals surface area (Å²) in [4.78, 5) is 36.6. The fourth-order valence-electron chi connectivity index (χ4n) is 1.80. The van der Waals surface area contributed by atoms with Crippen molar-refractivity contribution in [1.82, 2.24) is 14.5 Å². The molecule has 0 bridgehead atoms. The normalized spacial score (nSPS) is 10.9. The number of hydrogen-bond acceptors (Lipinski definition) is 4. The third kappa shape index (κ3) is 2.21. The van der Waals surface area contributed by atoms with Gasteiger partial charge in [-0.25, -0.2) is 4.79 Å². The topological polar surface area (TPSA) is 73.1 Å². The predicted octanol–water partition coefficient (Wildman–Crippen LogP) is 0.439. The highest BCUT2D eigenvalue weighted by Crippen LogP contribution is 2.21. The smallest absolute Gasteiger partial charge is 0.331 e. The molecular weight excluding hydrogens is 266 g/mol. The van der Waals surface area contributed by atoms with Crippen LogP contribution >= 0.6 is 11.3 Å². The van der Waals surface area contributed by atoms with Crippen LogP contribution in [0.2, 0.25) is 0 Å². The summed E-state index contributed by atoms with van der Waals surface area (Å²) >= 11 is 1.16. The highest BCUT2D eigenvalue weighted by Gasteiger charge is 2.15. The molecule has 7 heteroatoms. The summed E-state index contributed by atoms with van der Waals surface area (Å²) in [5.41, 5.74) is -0.760. The quantitative estimate of drug-likeness (QED) is 0.887. The third-order valence-corrected chi connectivity index (χ3v) is 4.10. The molecular formula is C12H15N3O3S. The summed E-state index contributed by atoms with van der Waals surface area (Å²) < 4.78 is 2.43. The third-order valence-electron chi connectivity index (χ3n) is 2.89. The molecule has 0 aliphatic carbocycles. The minimum atomic E-state index is -0.389. The van der Waals surface area contributed by atoms with Crippen molar-refractivity contribution in [2.45, 2.75) is 13.3 Å². The van der Waals surface area contributed by atoms with Crippen molar-refractivity contribution < 1.29 is 4.79 Å². The summed E-state index contributed by atoms with van der Waals surface area (Å²) in [6.07, 6.45) is 0.844. The zero-order valence-corrected chi connectivity index (χ0v) is 11.8. The van der Waals surface area contributed by atoms with E-state index in [0.29, 0.717) is 21.6 Å². The zero-order chi connectivity index (χ0) is 14.2. The number of aromatic nitrogens is 2. The Bertz CT molecular complexity index is 754. The number of carbonyl (C=O) groups is 1. The second kappa shape index (κ2) is 5.00. The molecule has 0 radical (unpaired) electrons. The fraction of sp³-hybridized carbons (Fsp3) is 0.417. The maximum atomic E-state index is 12.0. The Hall–Kier alpha value is -1.89. The van der Waals surface area contributed by atoms with Gasteiger partial charge in [-0.05, 0) is 12.5 Å². The number of nitrogens with one attached hydrogen (secondary N) is 1. The average molecular weight is 281 g/mol. The Morgan fingerprint density at radius 3 is 2.63 bits per heavy atom. The van der Waals surface area contributed by atoms with Gasteiger partial charge in [0.1, 0.15) is 4.83 Å². The first-order valence-corrected chi connectivity index (χ1v) is 6.76. The molecule has 0 saturated carbocycles. The van der Waals surface area contributed by atoms with Crippen molar-refractivity contribution in [2.24, 2.45) is 14.1 Å². The van der Waals surface area contributed by atoms with Gasteiger partial charge < -0.3 is 5.32 Å². The maximum absolute atomic E-state index is 12.0. The number of nitrogens with zero attached hydrogens (tertiary/aromatic N) is 2. The van der Waals surface area contributed by atoms with E-state index in [2.05, 4.69) is 5.32 Å². The molecule has 2 heterocycles. The molecule has 2 aromatic rings. The van der Waals surface area contributed by atoms with Crippen LogP contribution in [0.1, 0.15) is 23.0 Å². The van der Waals surface area contributed by atoms with Gasteiger partial charge in [0.2, 0.25) is 0 Å². The highest BCUT2D eigenvalue weighted by atomic mass is 32.1. The lowest BCUT2D eigenvalue weighted by molar-refractivity contribution is 0.0958. The predicted molar refractivity (Wildman–Crippen MR) is 74.9 cm³/mol. The number of amides is 1. The Labute approximate surface area is 113 Å². The molecule has 0 fully saturated rings. The Kier molecular flexibility index (Phi) is 3.57. The van der Waals surface area contributed by atoms with Crippen LogP contribution in [0.3, 0.4) is 0 Å². The first kappa shape index (κ1) is 13.5. The lowest BCUT2D eigenvalue weighted by Gasteiger charge is -2.01. The molecule has 0 saturated heterocycles. The monoisotopic (exact) mass is 281 g/mol. The minimum Gasteiger partial charge on any atom is -0.351 e. The van der Waals surface area contributed by atoms with Gasteiger partial charge in [-0.15, -0.1) is 11.3 Å². The van der Waals surface area contributed by atoms with Gasteiger partial charge in [0.05, 0.1) is 10.3 Å². The summed E-state index contributed by atoms with van der Waals surface area (Å²) in [5.74, 6) is -0.211. The van der Waals surface area contributed by atoms with E-state index in [1.807, 2.05) is 6.92 Å². The number of carbonyl (C=O) groups excluding carboxylic acids is 1. The summed E-state index contributed by atoms with van der Waals surface area (Å²) in [5, 5.41) is 3.15. The Morgan fingerprint density at radius 2 is 2.00 bits per heavy atom. The molecule has 0 aliphatic heterocycles. The standard InChI is InChI=1S/C12H15N3O3S/c1-4-5-13-9(16)8-6-7-10(17)14(2)12(18)15(3)11(7)19-8/h6H,4-5H2,1-3H3,(H,13,16). The summed E-state index contributed by atoms with van der Waals surface area (Å²) in [6.45, 7) is 2.55. The fourth-order valence-corrected chi connectivity index (χ4v) is 2.82. The molecule has 1 N–H and O–H groups in total. The van der Waals surface area contributed by atoms with Gasteiger partial charge in [-0.1, -0.05) is 6.92 Å². The lowest BCUT2D eigenvalue weighted by atomic mass is 10.3. The molecule has 19 heavy (non-hydrogen) atoms. The average Bonchev–Trinajstić information content (AvgIpc) is 2.85. The van der Waals surface area contributed by atoms with Crippen molar-refractivity contribution in [1.29, 1.82) is 0 Å². The lowest BCUT2D eigenvalue weighted by Crippen LogP contribution is -2.36. The van der Waals surface area contributed by atoms with Crippen LogP contribution in [-0.4, -0.2) is 21.6 Å². The van der Waals surface area contributed by atoms with E-state index in [9.17, 15) is 14.4 Å². The number of aryl methyl sites for hydroxylation is 1. The second-order valence-corrected chi connectivity index (χ2v) is 5.32. The molecule has 0 aromatic carbocycles. The van der Waals surface area contributed by atoms with Gasteiger partial charge in [-0.2, -0.15) is 0 Å². The number of fused-ring (bicyclic) bond motifs is 1. The van der Waals surface area contributed by atoms with E-state index < -0.39 is 0 Å². The van der Waals surface area contributed by atoms with Crippen molar-refractivity contribution >= 4 is 27.5 Å². The molecule has 0 spiro atoms. The number of thiophene rings is 1. The molecule has 0 unspecified atom stereocenters. The zero-order valence-electron chi connectivity index (χ0n) is 11.0. The molecule has 1 amide bonds. The van der Waals surface area contributed by atoms with Crippen LogP contribution in [0.25, 0.3) is 10.2 Å². The number of hydrogen-bond donors (Lipinski definition) is 1. The molecule has 102 valence electrons.